The molecule has 0 bridgehead atoms. The first-order valence-corrected chi connectivity index (χ1v) is 10.8. The molecule has 164 valence electrons. The summed E-state index contributed by atoms with van der Waals surface area (Å²) in [5.41, 5.74) is 0.647. The van der Waals surface area contributed by atoms with Crippen LogP contribution >= 0.6 is 0 Å². The highest BCUT2D eigenvalue weighted by Crippen LogP contribution is 2.36. The van der Waals surface area contributed by atoms with Gasteiger partial charge in [-0.3, -0.25) is 4.79 Å². The van der Waals surface area contributed by atoms with Crippen LogP contribution in [0.5, 0.6) is 23.0 Å². The van der Waals surface area contributed by atoms with E-state index in [1.54, 1.807) is 18.2 Å². The fraction of sp³-hybridized carbons (Fsp3) is 0.0870. The molecule has 0 saturated heterocycles. The minimum absolute atomic E-state index is 0.0289. The number of aromatic hydroxyl groups is 2. The third-order valence-corrected chi connectivity index (χ3v) is 6.00. The molecule has 3 aromatic carbocycles. The number of phenolic OH excluding ortho intramolecular Hbond substituents is 2. The average Bonchev–Trinajstić information content (AvgIpc) is 2.73. The normalized spacial score (nSPS) is 11.4. The van der Waals surface area contributed by atoms with Crippen LogP contribution < -0.4 is 14.3 Å². The molecule has 8 nitrogen and oxygen atoms in total. The summed E-state index contributed by atoms with van der Waals surface area (Å²) in [4.78, 5) is 12.5. The fourth-order valence-electron chi connectivity index (χ4n) is 3.16. The van der Waals surface area contributed by atoms with Gasteiger partial charge in [-0.1, -0.05) is 17.7 Å². The largest absolute Gasteiger partial charge is 0.508 e. The Morgan fingerprint density at radius 1 is 0.906 bits per heavy atom. The third kappa shape index (κ3) is 3.97. The molecule has 0 radical (unpaired) electrons. The van der Waals surface area contributed by atoms with E-state index in [4.69, 9.17) is 13.3 Å². The van der Waals surface area contributed by atoms with Gasteiger partial charge in [0.1, 0.15) is 33.1 Å². The first kappa shape index (κ1) is 21.3. The molecule has 0 unspecified atom stereocenters. The Bertz CT molecular complexity index is 1490. The lowest BCUT2D eigenvalue weighted by atomic mass is 10.1. The Morgan fingerprint density at radius 2 is 1.62 bits per heavy atom. The van der Waals surface area contributed by atoms with Crippen molar-refractivity contribution in [1.29, 1.82) is 0 Å². The lowest BCUT2D eigenvalue weighted by Crippen LogP contribution is -2.10. The Morgan fingerprint density at radius 3 is 2.31 bits per heavy atom. The van der Waals surface area contributed by atoms with Crippen molar-refractivity contribution in [3.8, 4) is 34.3 Å². The number of hydrogen-bond donors (Lipinski definition) is 2. The summed E-state index contributed by atoms with van der Waals surface area (Å²) in [6.45, 7) is 1.83. The molecule has 0 fully saturated rings. The van der Waals surface area contributed by atoms with E-state index in [0.717, 1.165) is 17.7 Å². The molecule has 0 atom stereocenters. The van der Waals surface area contributed by atoms with Crippen LogP contribution in [0.3, 0.4) is 0 Å². The molecule has 0 saturated carbocycles. The second kappa shape index (κ2) is 7.93. The van der Waals surface area contributed by atoms with Crippen LogP contribution in [0.4, 0.5) is 0 Å². The summed E-state index contributed by atoms with van der Waals surface area (Å²) in [5, 5.41) is 19.6. The summed E-state index contributed by atoms with van der Waals surface area (Å²) in [7, 11) is -2.79. The summed E-state index contributed by atoms with van der Waals surface area (Å²) in [6.07, 6.45) is 0. The van der Waals surface area contributed by atoms with Crippen molar-refractivity contribution < 1.29 is 32.0 Å². The molecular formula is C23H18O8S. The van der Waals surface area contributed by atoms with E-state index in [-0.39, 0.29) is 38.9 Å². The van der Waals surface area contributed by atoms with E-state index in [0.29, 0.717) is 5.56 Å². The van der Waals surface area contributed by atoms with Gasteiger partial charge in [-0.25, -0.2) is 0 Å². The predicted molar refractivity (Wildman–Crippen MR) is 117 cm³/mol. The van der Waals surface area contributed by atoms with Crippen molar-refractivity contribution in [3.63, 3.8) is 0 Å². The standard InChI is InChI=1S/C23H18O8S/c1-13-3-6-16(7-4-13)32(27,28)31-21-9-14(5-8-19(21)29-2)20-12-18(26)23-17(25)10-15(24)11-22(23)30-20/h3-12,24-25H,1-2H3. The minimum Gasteiger partial charge on any atom is -0.508 e. The molecule has 0 amide bonds. The van der Waals surface area contributed by atoms with Gasteiger partial charge in [0.05, 0.1) is 7.11 Å². The van der Waals surface area contributed by atoms with Crippen molar-refractivity contribution in [2.24, 2.45) is 0 Å². The Kier molecular flexibility index (Phi) is 5.27. The zero-order valence-corrected chi connectivity index (χ0v) is 17.8. The van der Waals surface area contributed by atoms with Gasteiger partial charge in [0.25, 0.3) is 0 Å². The van der Waals surface area contributed by atoms with Gasteiger partial charge in [-0.2, -0.15) is 8.42 Å². The van der Waals surface area contributed by atoms with Crippen LogP contribution in [-0.2, 0) is 10.1 Å². The fourth-order valence-corrected chi connectivity index (χ4v) is 4.09. The van der Waals surface area contributed by atoms with Gasteiger partial charge in [0.15, 0.2) is 16.9 Å². The second-order valence-corrected chi connectivity index (χ2v) is 8.58. The molecule has 2 N–H and O–H groups in total. The summed E-state index contributed by atoms with van der Waals surface area (Å²) < 4.78 is 41.7. The van der Waals surface area contributed by atoms with E-state index in [2.05, 4.69) is 0 Å². The first-order valence-electron chi connectivity index (χ1n) is 9.37. The van der Waals surface area contributed by atoms with Gasteiger partial charge in [-0.15, -0.1) is 0 Å². The SMILES string of the molecule is COc1ccc(-c2cc(=O)c3c(O)cc(O)cc3o2)cc1OS(=O)(=O)c1ccc(C)cc1. The quantitative estimate of drug-likeness (QED) is 0.435. The molecule has 0 spiro atoms. The molecule has 0 aliphatic heterocycles. The highest BCUT2D eigenvalue weighted by molar-refractivity contribution is 7.87. The molecule has 0 aliphatic carbocycles. The predicted octanol–water partition coefficient (Wildman–Crippen LogP) is 3.96. The van der Waals surface area contributed by atoms with Gasteiger partial charge < -0.3 is 23.6 Å². The number of phenols is 2. The van der Waals surface area contributed by atoms with E-state index in [9.17, 15) is 23.4 Å². The van der Waals surface area contributed by atoms with Crippen LogP contribution in [0.25, 0.3) is 22.3 Å². The number of hydrogen-bond acceptors (Lipinski definition) is 8. The molecular weight excluding hydrogens is 436 g/mol. The highest BCUT2D eigenvalue weighted by atomic mass is 32.2. The maximum atomic E-state index is 12.7. The average molecular weight is 454 g/mol. The minimum atomic E-state index is -4.15. The number of ether oxygens (including phenoxy) is 1. The van der Waals surface area contributed by atoms with Gasteiger partial charge in [0, 0.05) is 23.8 Å². The molecule has 32 heavy (non-hydrogen) atoms. The van der Waals surface area contributed by atoms with Crippen LogP contribution in [0.15, 0.2) is 74.8 Å². The van der Waals surface area contributed by atoms with Crippen molar-refractivity contribution in [3.05, 3.63) is 76.5 Å². The zero-order valence-electron chi connectivity index (χ0n) is 17.0. The van der Waals surface area contributed by atoms with Crippen LogP contribution in [0.2, 0.25) is 0 Å². The van der Waals surface area contributed by atoms with Crippen molar-refractivity contribution in [2.45, 2.75) is 11.8 Å². The molecule has 1 aromatic heterocycles. The monoisotopic (exact) mass is 454 g/mol. The van der Waals surface area contributed by atoms with Crippen molar-refractivity contribution >= 4 is 21.1 Å². The maximum Gasteiger partial charge on any atom is 0.339 e. The number of fused-ring (bicyclic) bond motifs is 1. The molecule has 0 aliphatic rings. The lowest BCUT2D eigenvalue weighted by Gasteiger charge is -2.12. The number of rotatable bonds is 5. The van der Waals surface area contributed by atoms with Gasteiger partial charge >= 0.3 is 10.1 Å². The Hall–Kier alpha value is -3.98. The molecule has 4 aromatic rings. The summed E-state index contributed by atoms with van der Waals surface area (Å²) in [6, 6.07) is 13.9. The summed E-state index contributed by atoms with van der Waals surface area (Å²) in [5.74, 6) is -0.566. The third-order valence-electron chi connectivity index (χ3n) is 4.75. The van der Waals surface area contributed by atoms with Gasteiger partial charge in [-0.05, 0) is 37.3 Å². The van der Waals surface area contributed by atoms with Crippen molar-refractivity contribution in [2.75, 3.05) is 7.11 Å². The number of benzene rings is 3. The van der Waals surface area contributed by atoms with Gasteiger partial charge in [0.2, 0.25) is 0 Å². The molecule has 1 heterocycles. The molecule has 9 heteroatoms. The van der Waals surface area contributed by atoms with E-state index in [1.807, 2.05) is 6.92 Å². The van der Waals surface area contributed by atoms with E-state index >= 15 is 0 Å². The summed E-state index contributed by atoms with van der Waals surface area (Å²) >= 11 is 0. The second-order valence-electron chi connectivity index (χ2n) is 7.03. The lowest BCUT2D eigenvalue weighted by molar-refractivity contribution is 0.390. The van der Waals surface area contributed by atoms with Crippen LogP contribution in [-0.4, -0.2) is 25.7 Å². The van der Waals surface area contributed by atoms with E-state index < -0.39 is 21.3 Å². The van der Waals surface area contributed by atoms with Crippen LogP contribution in [0.1, 0.15) is 5.56 Å². The molecule has 4 rings (SSSR count). The topological polar surface area (TPSA) is 123 Å². The highest BCUT2D eigenvalue weighted by Gasteiger charge is 2.21. The first-order chi connectivity index (χ1) is 15.2. The zero-order chi connectivity index (χ0) is 23.0. The number of methoxy groups -OCH3 is 1. The van der Waals surface area contributed by atoms with E-state index in [1.165, 1.54) is 37.4 Å². The smallest absolute Gasteiger partial charge is 0.339 e. The number of aryl methyl sites for hydroxylation is 1. The Balaban J connectivity index is 1.80. The van der Waals surface area contributed by atoms with Crippen LogP contribution in [0, 0.1) is 6.92 Å². The maximum absolute atomic E-state index is 12.7. The van der Waals surface area contributed by atoms with Crippen molar-refractivity contribution in [1.82, 2.24) is 0 Å². The Labute approximate surface area is 183 Å².